The van der Waals surface area contributed by atoms with E-state index in [1.165, 1.54) is 51.4 Å². The van der Waals surface area contributed by atoms with Gasteiger partial charge in [0.2, 0.25) is 0 Å². The molecular formula is C17H32O2. The van der Waals surface area contributed by atoms with E-state index in [1.54, 1.807) is 0 Å². The quantitative estimate of drug-likeness (QED) is 0.657. The first-order valence-corrected chi connectivity index (χ1v) is 8.56. The van der Waals surface area contributed by atoms with Gasteiger partial charge in [0.05, 0.1) is 25.4 Å². The highest BCUT2D eigenvalue weighted by Crippen LogP contribution is 2.35. The van der Waals surface area contributed by atoms with Crippen LogP contribution in [0.2, 0.25) is 0 Å². The Morgan fingerprint density at radius 2 is 1.68 bits per heavy atom. The van der Waals surface area contributed by atoms with Crippen molar-refractivity contribution in [3.63, 3.8) is 0 Å². The molecule has 0 amide bonds. The fourth-order valence-corrected chi connectivity index (χ4v) is 3.60. The third-order valence-corrected chi connectivity index (χ3v) is 5.08. The first-order valence-electron chi connectivity index (χ1n) is 8.56. The molecule has 112 valence electrons. The minimum absolute atomic E-state index is 0.349. The number of rotatable bonds is 6. The summed E-state index contributed by atoms with van der Waals surface area (Å²) in [6.07, 6.45) is 13.0. The van der Waals surface area contributed by atoms with Crippen LogP contribution in [0, 0.1) is 11.8 Å². The average Bonchev–Trinajstić information content (AvgIpc) is 2.48. The lowest BCUT2D eigenvalue weighted by Crippen LogP contribution is -2.40. The molecular weight excluding hydrogens is 236 g/mol. The zero-order valence-corrected chi connectivity index (χ0v) is 12.9. The van der Waals surface area contributed by atoms with Crippen molar-refractivity contribution in [2.24, 2.45) is 11.8 Å². The monoisotopic (exact) mass is 268 g/mol. The summed E-state index contributed by atoms with van der Waals surface area (Å²) < 4.78 is 11.9. The molecule has 2 rings (SSSR count). The molecule has 1 aliphatic heterocycles. The van der Waals surface area contributed by atoms with E-state index < -0.39 is 0 Å². The van der Waals surface area contributed by atoms with Crippen molar-refractivity contribution < 1.29 is 9.47 Å². The zero-order valence-electron chi connectivity index (χ0n) is 12.9. The molecule has 1 heterocycles. The standard InChI is InChI=1S/C17H32O2/c1-3-5-6-7-14-8-10-15(11-9-14)17-13-18-16(4-2)12-19-17/h14-17H,3-13H2,1-2H3. The van der Waals surface area contributed by atoms with E-state index in [4.69, 9.17) is 9.47 Å². The van der Waals surface area contributed by atoms with Crippen LogP contribution in [0.3, 0.4) is 0 Å². The first-order chi connectivity index (χ1) is 9.33. The summed E-state index contributed by atoms with van der Waals surface area (Å²) in [5, 5.41) is 0. The van der Waals surface area contributed by atoms with Gasteiger partial charge in [-0.15, -0.1) is 0 Å². The summed E-state index contributed by atoms with van der Waals surface area (Å²) in [5.41, 5.74) is 0. The number of hydrogen-bond donors (Lipinski definition) is 0. The Labute approximate surface area is 119 Å². The Hall–Kier alpha value is -0.0800. The zero-order chi connectivity index (χ0) is 13.5. The lowest BCUT2D eigenvalue weighted by atomic mass is 9.77. The van der Waals surface area contributed by atoms with Gasteiger partial charge in [-0.1, -0.05) is 52.4 Å². The molecule has 2 atom stereocenters. The predicted octanol–water partition coefficient (Wildman–Crippen LogP) is 4.57. The van der Waals surface area contributed by atoms with Gasteiger partial charge in [-0.05, 0) is 31.1 Å². The molecule has 0 aromatic rings. The Bertz CT molecular complexity index is 225. The predicted molar refractivity (Wildman–Crippen MR) is 79.4 cm³/mol. The third-order valence-electron chi connectivity index (χ3n) is 5.08. The minimum Gasteiger partial charge on any atom is -0.373 e. The van der Waals surface area contributed by atoms with Crippen LogP contribution in [0.25, 0.3) is 0 Å². The van der Waals surface area contributed by atoms with Crippen LogP contribution in [-0.2, 0) is 9.47 Å². The highest BCUT2D eigenvalue weighted by Gasteiger charge is 2.31. The van der Waals surface area contributed by atoms with Crippen LogP contribution >= 0.6 is 0 Å². The summed E-state index contributed by atoms with van der Waals surface area (Å²) >= 11 is 0. The van der Waals surface area contributed by atoms with Crippen molar-refractivity contribution >= 4 is 0 Å². The van der Waals surface area contributed by atoms with Crippen LogP contribution in [0.5, 0.6) is 0 Å². The topological polar surface area (TPSA) is 18.5 Å². The van der Waals surface area contributed by atoms with Gasteiger partial charge in [-0.25, -0.2) is 0 Å². The van der Waals surface area contributed by atoms with Crippen LogP contribution in [0.1, 0.15) is 71.6 Å². The second kappa shape index (κ2) is 8.26. The summed E-state index contributed by atoms with van der Waals surface area (Å²) in [4.78, 5) is 0. The number of ether oxygens (including phenoxy) is 2. The highest BCUT2D eigenvalue weighted by atomic mass is 16.6. The van der Waals surface area contributed by atoms with Crippen molar-refractivity contribution in [3.05, 3.63) is 0 Å². The molecule has 0 radical (unpaired) electrons. The maximum atomic E-state index is 6.03. The maximum absolute atomic E-state index is 6.03. The minimum atomic E-state index is 0.349. The van der Waals surface area contributed by atoms with Gasteiger partial charge in [0.1, 0.15) is 0 Å². The Balaban J connectivity index is 1.63. The molecule has 2 fully saturated rings. The van der Waals surface area contributed by atoms with E-state index in [9.17, 15) is 0 Å². The molecule has 2 heteroatoms. The fourth-order valence-electron chi connectivity index (χ4n) is 3.60. The molecule has 1 saturated carbocycles. The van der Waals surface area contributed by atoms with Crippen LogP contribution < -0.4 is 0 Å². The van der Waals surface area contributed by atoms with Crippen molar-refractivity contribution in [3.8, 4) is 0 Å². The summed E-state index contributed by atoms with van der Waals surface area (Å²) in [6.45, 7) is 6.12. The van der Waals surface area contributed by atoms with E-state index >= 15 is 0 Å². The van der Waals surface area contributed by atoms with Crippen molar-refractivity contribution in [2.45, 2.75) is 83.8 Å². The third kappa shape index (κ3) is 4.75. The van der Waals surface area contributed by atoms with Crippen molar-refractivity contribution in [1.29, 1.82) is 0 Å². The van der Waals surface area contributed by atoms with Gasteiger partial charge < -0.3 is 9.47 Å². The van der Waals surface area contributed by atoms with Crippen LogP contribution in [0.15, 0.2) is 0 Å². The summed E-state index contributed by atoms with van der Waals surface area (Å²) in [5.74, 6) is 1.76. The van der Waals surface area contributed by atoms with Gasteiger partial charge in [-0.3, -0.25) is 0 Å². The molecule has 2 nitrogen and oxygen atoms in total. The molecule has 2 unspecified atom stereocenters. The lowest BCUT2D eigenvalue weighted by molar-refractivity contribution is -0.155. The van der Waals surface area contributed by atoms with Gasteiger partial charge >= 0.3 is 0 Å². The Morgan fingerprint density at radius 1 is 0.895 bits per heavy atom. The molecule has 0 N–H and O–H groups in total. The average molecular weight is 268 g/mol. The SMILES string of the molecule is CCCCCC1CCC(C2COC(CC)CO2)CC1. The van der Waals surface area contributed by atoms with Gasteiger partial charge in [0, 0.05) is 0 Å². The summed E-state index contributed by atoms with van der Waals surface area (Å²) in [6, 6.07) is 0. The smallest absolute Gasteiger partial charge is 0.0838 e. The normalized spacial score (nSPS) is 36.3. The molecule has 1 aliphatic carbocycles. The Kier molecular flexibility index (Phi) is 6.66. The second-order valence-corrected chi connectivity index (χ2v) is 6.51. The van der Waals surface area contributed by atoms with Crippen LogP contribution in [0.4, 0.5) is 0 Å². The van der Waals surface area contributed by atoms with Crippen LogP contribution in [-0.4, -0.2) is 25.4 Å². The number of unbranched alkanes of at least 4 members (excludes halogenated alkanes) is 2. The molecule has 0 aromatic heterocycles. The Morgan fingerprint density at radius 3 is 2.26 bits per heavy atom. The van der Waals surface area contributed by atoms with E-state index in [2.05, 4.69) is 13.8 Å². The summed E-state index contributed by atoms with van der Waals surface area (Å²) in [7, 11) is 0. The molecule has 19 heavy (non-hydrogen) atoms. The first kappa shape index (κ1) is 15.3. The van der Waals surface area contributed by atoms with Gasteiger partial charge in [0.15, 0.2) is 0 Å². The molecule has 0 aromatic carbocycles. The van der Waals surface area contributed by atoms with E-state index in [1.807, 2.05) is 0 Å². The van der Waals surface area contributed by atoms with Gasteiger partial charge in [-0.2, -0.15) is 0 Å². The number of hydrogen-bond acceptors (Lipinski definition) is 2. The lowest BCUT2D eigenvalue weighted by Gasteiger charge is -2.37. The molecule has 0 spiro atoms. The second-order valence-electron chi connectivity index (χ2n) is 6.51. The van der Waals surface area contributed by atoms with Crippen molar-refractivity contribution in [1.82, 2.24) is 0 Å². The highest BCUT2D eigenvalue weighted by molar-refractivity contribution is 4.80. The largest absolute Gasteiger partial charge is 0.373 e. The van der Waals surface area contributed by atoms with E-state index in [0.717, 1.165) is 31.5 Å². The molecule has 0 bridgehead atoms. The fraction of sp³-hybridized carbons (Fsp3) is 1.00. The molecule has 2 aliphatic rings. The van der Waals surface area contributed by atoms with E-state index in [0.29, 0.717) is 12.2 Å². The molecule has 1 saturated heterocycles. The maximum Gasteiger partial charge on any atom is 0.0838 e. The van der Waals surface area contributed by atoms with Crippen molar-refractivity contribution in [2.75, 3.05) is 13.2 Å². The van der Waals surface area contributed by atoms with E-state index in [-0.39, 0.29) is 0 Å². The van der Waals surface area contributed by atoms with Gasteiger partial charge in [0.25, 0.3) is 0 Å².